The van der Waals surface area contributed by atoms with Crippen LogP contribution in [0.1, 0.15) is 166 Å². The lowest BCUT2D eigenvalue weighted by molar-refractivity contribution is 0.220. The van der Waals surface area contributed by atoms with Crippen LogP contribution >= 0.6 is 0 Å². The fourth-order valence-electron chi connectivity index (χ4n) is 14.0. The van der Waals surface area contributed by atoms with Crippen LogP contribution in [0.15, 0.2) is 110 Å². The summed E-state index contributed by atoms with van der Waals surface area (Å²) in [5.74, 6) is 2.36. The first-order valence-corrected chi connectivity index (χ1v) is 31.1. The van der Waals surface area contributed by atoms with E-state index in [1.807, 2.05) is 0 Å². The van der Waals surface area contributed by atoms with E-state index in [2.05, 4.69) is 118 Å². The molecular weight excluding hydrogens is 1020 g/mol. The standard InChI is InChI=1S/C72H88N4O6/c1-3-31-81-71-55-19-17-20-56(71)42-60-34-52(48-74-25-11-6-12-26-74)38-64(68(60)78)46-66-40-54(50-76-29-15-8-16-30-76)36-62(70(66)80)44-58-22-18-21-57(72(58)82-32-4-2)43-61-35-53(49-75-27-13-7-14-28-75)39-65(69(61)79)45-63-37-51(33-59(41-55)67(63)77)47-73-23-9-5-10-24-73/h3-4,17-22,33-40,77-80H,1-2,5-16,23-32,41-50H2. The van der Waals surface area contributed by atoms with Crippen LogP contribution < -0.4 is 9.47 Å². The fourth-order valence-corrected chi connectivity index (χ4v) is 14.0. The quantitative estimate of drug-likeness (QED) is 0.0786. The predicted octanol–water partition coefficient (Wildman–Crippen LogP) is 13.4. The van der Waals surface area contributed by atoms with Gasteiger partial charge in [0, 0.05) is 64.7 Å². The van der Waals surface area contributed by atoms with Crippen LogP contribution in [-0.2, 0) is 64.7 Å². The molecule has 4 aliphatic heterocycles. The molecule has 0 aromatic heterocycles. The first-order chi connectivity index (χ1) is 40.1. The summed E-state index contributed by atoms with van der Waals surface area (Å²) < 4.78 is 13.4. The van der Waals surface area contributed by atoms with Crippen molar-refractivity contribution < 1.29 is 29.9 Å². The third-order valence-corrected chi connectivity index (χ3v) is 18.1. The molecule has 6 aromatic rings. The molecule has 10 heteroatoms. The van der Waals surface area contributed by atoms with Crippen molar-refractivity contribution in [3.63, 3.8) is 0 Å². The molecule has 432 valence electrons. The van der Waals surface area contributed by atoms with Crippen LogP contribution in [0.25, 0.3) is 0 Å². The summed E-state index contributed by atoms with van der Waals surface area (Å²) in [6.45, 7) is 20.1. The highest BCUT2D eigenvalue weighted by Crippen LogP contribution is 2.41. The van der Waals surface area contributed by atoms with Gasteiger partial charge in [0.05, 0.1) is 0 Å². The van der Waals surface area contributed by atoms with Gasteiger partial charge in [-0.1, -0.05) is 136 Å². The SMILES string of the molecule is C=CCOc1c2cccc1Cc1cc(CN3CCCCC3)cc(c1O)Cc1cc(CN3CCCCC3)cc(c1O)Cc1cccc(c1OCC=C)Cc1cc(CN3CCCCC3)cc(c1O)Cc1cc(CN3CCCCC3)cc(c1O)C2. The summed E-state index contributed by atoms with van der Waals surface area (Å²) >= 11 is 0. The first kappa shape index (κ1) is 57.3. The van der Waals surface area contributed by atoms with Crippen LogP contribution in [0.3, 0.4) is 0 Å². The number of ether oxygens (including phenoxy) is 2. The van der Waals surface area contributed by atoms with Gasteiger partial charge >= 0.3 is 0 Å². The molecule has 12 bridgehead atoms. The monoisotopic (exact) mass is 1100 g/mol. The molecular formula is C72H88N4O6. The average Bonchev–Trinajstić information content (AvgIpc) is 3.58. The number of nitrogens with zero attached hydrogens (tertiary/aromatic N) is 4. The molecule has 0 radical (unpaired) electrons. The minimum absolute atomic E-state index is 0.227. The van der Waals surface area contributed by atoms with E-state index in [4.69, 9.17) is 9.47 Å². The summed E-state index contributed by atoms with van der Waals surface area (Å²) in [7, 11) is 0. The smallest absolute Gasteiger partial charge is 0.126 e. The minimum Gasteiger partial charge on any atom is -0.507 e. The van der Waals surface area contributed by atoms with Gasteiger partial charge in [0.2, 0.25) is 0 Å². The number of likely N-dealkylation sites (tertiary alicyclic amines) is 4. The Labute approximate surface area is 488 Å². The van der Waals surface area contributed by atoms with Crippen LogP contribution in [0.5, 0.6) is 34.5 Å². The van der Waals surface area contributed by atoms with E-state index < -0.39 is 0 Å². The van der Waals surface area contributed by atoms with Crippen molar-refractivity contribution in [2.24, 2.45) is 0 Å². The fraction of sp³-hybridized carbons (Fsp3) is 0.444. The van der Waals surface area contributed by atoms with Gasteiger partial charge in [-0.15, -0.1) is 0 Å². The van der Waals surface area contributed by atoms with E-state index in [0.29, 0.717) is 51.7 Å². The molecule has 0 saturated carbocycles. The number of piperidine rings is 4. The van der Waals surface area contributed by atoms with Gasteiger partial charge in [0.15, 0.2) is 0 Å². The lowest BCUT2D eigenvalue weighted by atomic mass is 9.89. The van der Waals surface area contributed by atoms with Gasteiger partial charge in [0.25, 0.3) is 0 Å². The van der Waals surface area contributed by atoms with Crippen molar-refractivity contribution >= 4 is 0 Å². The highest BCUT2D eigenvalue weighted by molar-refractivity contribution is 5.58. The molecule has 0 atom stereocenters. The zero-order chi connectivity index (χ0) is 56.4. The van der Waals surface area contributed by atoms with E-state index in [9.17, 15) is 20.4 Å². The second-order valence-electron chi connectivity index (χ2n) is 24.5. The summed E-state index contributed by atoms with van der Waals surface area (Å²) in [5, 5.41) is 50.9. The van der Waals surface area contributed by atoms with Gasteiger partial charge < -0.3 is 29.9 Å². The molecule has 10 nitrogen and oxygen atoms in total. The van der Waals surface area contributed by atoms with E-state index in [0.717, 1.165) is 179 Å². The highest BCUT2D eigenvalue weighted by atomic mass is 16.5. The van der Waals surface area contributed by atoms with E-state index >= 15 is 0 Å². The second kappa shape index (κ2) is 27.2. The van der Waals surface area contributed by atoms with E-state index in [-0.39, 0.29) is 23.0 Å². The molecule has 6 aromatic carbocycles. The van der Waals surface area contributed by atoms with Gasteiger partial charge in [-0.05, 0) is 193 Å². The molecule has 5 aliphatic rings. The minimum atomic E-state index is 0.227. The highest BCUT2D eigenvalue weighted by Gasteiger charge is 2.26. The lowest BCUT2D eigenvalue weighted by Crippen LogP contribution is -2.29. The number of aromatic hydroxyl groups is 4. The van der Waals surface area contributed by atoms with Crippen molar-refractivity contribution in [2.45, 2.75) is 142 Å². The van der Waals surface area contributed by atoms with Crippen LogP contribution in [-0.4, -0.2) is 106 Å². The molecule has 4 N–H and O–H groups in total. The van der Waals surface area contributed by atoms with Crippen molar-refractivity contribution in [1.82, 2.24) is 19.6 Å². The number of hydrogen-bond donors (Lipinski definition) is 4. The van der Waals surface area contributed by atoms with Crippen LogP contribution in [0.4, 0.5) is 0 Å². The third kappa shape index (κ3) is 14.1. The zero-order valence-corrected chi connectivity index (χ0v) is 48.7. The van der Waals surface area contributed by atoms with Gasteiger partial charge in [0.1, 0.15) is 47.7 Å². The Kier molecular flexibility index (Phi) is 19.0. The molecule has 0 amide bonds. The summed E-state index contributed by atoms with van der Waals surface area (Å²) in [4.78, 5) is 10.1. The average molecular weight is 1110 g/mol. The van der Waals surface area contributed by atoms with Gasteiger partial charge in [-0.25, -0.2) is 0 Å². The topological polar surface area (TPSA) is 112 Å². The third-order valence-electron chi connectivity index (χ3n) is 18.1. The Balaban J connectivity index is 1.10. The Morgan fingerprint density at radius 1 is 0.317 bits per heavy atom. The maximum atomic E-state index is 12.7. The number of rotatable bonds is 14. The molecule has 0 unspecified atom stereocenters. The summed E-state index contributed by atoms with van der Waals surface area (Å²) in [5.41, 5.74) is 14.6. The molecule has 1 aliphatic carbocycles. The number of benzene rings is 6. The molecule has 4 fully saturated rings. The second-order valence-corrected chi connectivity index (χ2v) is 24.5. The van der Waals surface area contributed by atoms with E-state index in [1.54, 1.807) is 12.2 Å². The van der Waals surface area contributed by atoms with E-state index in [1.165, 1.54) is 77.0 Å². The zero-order valence-electron chi connectivity index (χ0n) is 48.7. The predicted molar refractivity (Wildman–Crippen MR) is 330 cm³/mol. The number of hydrogen-bond acceptors (Lipinski definition) is 10. The van der Waals surface area contributed by atoms with Crippen LogP contribution in [0, 0.1) is 0 Å². The summed E-state index contributed by atoms with van der Waals surface area (Å²) in [6.07, 6.45) is 20.2. The summed E-state index contributed by atoms with van der Waals surface area (Å²) in [6, 6.07) is 30.0. The maximum Gasteiger partial charge on any atom is 0.126 e. The first-order valence-electron chi connectivity index (χ1n) is 31.1. The van der Waals surface area contributed by atoms with Gasteiger partial charge in [-0.2, -0.15) is 0 Å². The Bertz CT molecular complexity index is 2790. The molecule has 82 heavy (non-hydrogen) atoms. The number of phenolic OH excluding ortho intramolecular Hbond substituents is 4. The maximum absolute atomic E-state index is 12.7. The van der Waals surface area contributed by atoms with Crippen molar-refractivity contribution in [2.75, 3.05) is 65.6 Å². The lowest BCUT2D eigenvalue weighted by Gasteiger charge is -2.28. The molecule has 11 rings (SSSR count). The van der Waals surface area contributed by atoms with Crippen molar-refractivity contribution in [3.05, 3.63) is 199 Å². The Morgan fingerprint density at radius 2 is 0.524 bits per heavy atom. The number of fused-ring (bicyclic) bond motifs is 12. The molecule has 0 spiro atoms. The molecule has 4 heterocycles. The van der Waals surface area contributed by atoms with Crippen molar-refractivity contribution in [3.8, 4) is 34.5 Å². The Hall–Kier alpha value is -6.56. The number of para-hydroxylation sites is 2. The largest absolute Gasteiger partial charge is 0.507 e. The molecule has 4 saturated heterocycles. The van der Waals surface area contributed by atoms with Crippen LogP contribution in [0.2, 0.25) is 0 Å². The number of phenols is 4. The Morgan fingerprint density at radius 3 is 0.732 bits per heavy atom. The van der Waals surface area contributed by atoms with Crippen molar-refractivity contribution in [1.29, 1.82) is 0 Å². The van der Waals surface area contributed by atoms with Gasteiger partial charge in [-0.3, -0.25) is 19.6 Å². The normalized spacial score (nSPS) is 17.9.